The summed E-state index contributed by atoms with van der Waals surface area (Å²) < 4.78 is 13.3. The first kappa shape index (κ1) is 20.9. The van der Waals surface area contributed by atoms with E-state index < -0.39 is 29.5 Å². The van der Waals surface area contributed by atoms with Gasteiger partial charge in [-0.2, -0.15) is 0 Å². The number of carbonyl (C=O) groups excluding carboxylic acids is 2. The molecular weight excluding hydrogens is 411 g/mol. The number of anilines is 3. The fourth-order valence-electron chi connectivity index (χ4n) is 2.71. The number of carbonyl (C=O) groups is 3. The van der Waals surface area contributed by atoms with E-state index in [1.807, 2.05) is 0 Å². The van der Waals surface area contributed by atoms with E-state index in [0.29, 0.717) is 5.69 Å². The summed E-state index contributed by atoms with van der Waals surface area (Å²) in [7, 11) is 0. The lowest BCUT2D eigenvalue weighted by molar-refractivity contribution is -0.118. The molecule has 0 unspecified atom stereocenters. The summed E-state index contributed by atoms with van der Waals surface area (Å²) in [5, 5.41) is 9.21. The smallest absolute Gasteiger partial charge is 0.335 e. The van der Waals surface area contributed by atoms with Gasteiger partial charge in [-0.05, 0) is 43.3 Å². The van der Waals surface area contributed by atoms with E-state index >= 15 is 0 Å². The second-order valence-electron chi connectivity index (χ2n) is 6.35. The number of hydrogen-bond donors (Lipinski definition) is 3. The van der Waals surface area contributed by atoms with Gasteiger partial charge in [0.25, 0.3) is 0 Å². The van der Waals surface area contributed by atoms with Crippen molar-refractivity contribution in [2.75, 3.05) is 10.6 Å². The van der Waals surface area contributed by atoms with Crippen LogP contribution >= 0.6 is 11.3 Å². The molecule has 0 fully saturated rings. The third kappa shape index (κ3) is 4.13. The van der Waals surface area contributed by atoms with Crippen molar-refractivity contribution in [2.45, 2.75) is 13.0 Å². The topological polar surface area (TPSA) is 140 Å². The number of carboxylic acid groups (broad SMARTS) is 1. The number of halogens is 1. The summed E-state index contributed by atoms with van der Waals surface area (Å²) in [6, 6.07) is 9.91. The average Bonchev–Trinajstić information content (AvgIpc) is 3.10. The number of nitrogens with two attached hydrogens (primary N) is 2. The summed E-state index contributed by atoms with van der Waals surface area (Å²) in [6.45, 7) is 1.55. The third-order valence-corrected chi connectivity index (χ3v) is 5.42. The van der Waals surface area contributed by atoms with E-state index in [1.54, 1.807) is 6.92 Å². The van der Waals surface area contributed by atoms with Gasteiger partial charge in [0.05, 0.1) is 5.56 Å². The molecule has 5 N–H and O–H groups in total. The first-order valence-electron chi connectivity index (χ1n) is 8.67. The van der Waals surface area contributed by atoms with Crippen molar-refractivity contribution >= 4 is 45.6 Å². The van der Waals surface area contributed by atoms with Gasteiger partial charge in [0.1, 0.15) is 22.6 Å². The van der Waals surface area contributed by atoms with E-state index in [4.69, 9.17) is 16.6 Å². The quantitative estimate of drug-likeness (QED) is 0.492. The van der Waals surface area contributed by atoms with Gasteiger partial charge in [0, 0.05) is 11.3 Å². The van der Waals surface area contributed by atoms with Crippen molar-refractivity contribution in [2.24, 2.45) is 5.73 Å². The number of ketones is 1. The van der Waals surface area contributed by atoms with Gasteiger partial charge in [-0.15, -0.1) is 0 Å². The van der Waals surface area contributed by atoms with Crippen LogP contribution in [0.4, 0.5) is 21.0 Å². The number of amides is 1. The summed E-state index contributed by atoms with van der Waals surface area (Å²) in [4.78, 5) is 41.5. The summed E-state index contributed by atoms with van der Waals surface area (Å²) in [6.07, 6.45) is 0. The van der Waals surface area contributed by atoms with Crippen LogP contribution in [0.5, 0.6) is 0 Å². The Morgan fingerprint density at radius 1 is 1.07 bits per heavy atom. The Labute approximate surface area is 174 Å². The Bertz CT molecular complexity index is 1110. The molecule has 3 rings (SSSR count). The van der Waals surface area contributed by atoms with E-state index in [-0.39, 0.29) is 27.0 Å². The molecule has 1 atom stereocenters. The maximum Gasteiger partial charge on any atom is 0.335 e. The minimum absolute atomic E-state index is 0.0438. The van der Waals surface area contributed by atoms with Crippen LogP contribution < -0.4 is 16.4 Å². The fourth-order valence-corrected chi connectivity index (χ4v) is 3.76. The number of nitrogen functional groups attached to an aromatic ring is 1. The zero-order valence-corrected chi connectivity index (χ0v) is 16.5. The van der Waals surface area contributed by atoms with Crippen LogP contribution in [0.25, 0.3) is 0 Å². The maximum atomic E-state index is 13.3. The molecule has 0 radical (unpaired) electrons. The van der Waals surface area contributed by atoms with Gasteiger partial charge in [0.15, 0.2) is 5.13 Å². The predicted molar refractivity (Wildman–Crippen MR) is 111 cm³/mol. The number of aromatic nitrogens is 1. The van der Waals surface area contributed by atoms with Gasteiger partial charge in [0.2, 0.25) is 11.7 Å². The average molecular weight is 428 g/mol. The molecule has 0 aliphatic carbocycles. The minimum atomic E-state index is -1.11. The number of hydrogen-bond acceptors (Lipinski definition) is 7. The highest BCUT2D eigenvalue weighted by Crippen LogP contribution is 2.36. The predicted octanol–water partition coefficient (Wildman–Crippen LogP) is 2.81. The highest BCUT2D eigenvalue weighted by Gasteiger charge is 2.27. The summed E-state index contributed by atoms with van der Waals surface area (Å²) >= 11 is 0.948. The van der Waals surface area contributed by atoms with Crippen LogP contribution in [0.2, 0.25) is 0 Å². The van der Waals surface area contributed by atoms with Crippen molar-refractivity contribution in [3.8, 4) is 0 Å². The van der Waals surface area contributed by atoms with Gasteiger partial charge < -0.3 is 21.5 Å². The molecule has 0 aliphatic rings. The van der Waals surface area contributed by atoms with Crippen molar-refractivity contribution < 1.29 is 23.9 Å². The molecule has 0 aliphatic heterocycles. The SMILES string of the molecule is C[C@H](C(N)=O)N(c1ccc(F)cc1)c1nc(N)c(C(=O)c2ccc(C(=O)O)cc2)s1. The van der Waals surface area contributed by atoms with E-state index in [0.717, 1.165) is 11.3 Å². The van der Waals surface area contributed by atoms with Gasteiger partial charge in [-0.1, -0.05) is 23.5 Å². The van der Waals surface area contributed by atoms with Crippen LogP contribution in [0, 0.1) is 5.82 Å². The number of rotatable bonds is 7. The first-order valence-corrected chi connectivity index (χ1v) is 9.49. The highest BCUT2D eigenvalue weighted by atomic mass is 32.1. The molecule has 1 heterocycles. The van der Waals surface area contributed by atoms with Crippen molar-refractivity contribution in [1.29, 1.82) is 0 Å². The standard InChI is InChI=1S/C20H17FN4O4S/c1-10(18(23)27)25(14-8-6-13(21)7-9-14)20-24-17(22)16(30-20)15(26)11-2-4-12(5-3-11)19(28)29/h2-10H,22H2,1H3,(H2,23,27)(H,28,29)/t10-/m1/s1. The molecule has 8 nitrogen and oxygen atoms in total. The Balaban J connectivity index is 2.00. The number of benzene rings is 2. The Kier molecular flexibility index (Phi) is 5.79. The van der Waals surface area contributed by atoms with E-state index in [9.17, 15) is 18.8 Å². The van der Waals surface area contributed by atoms with Crippen LogP contribution in [0.3, 0.4) is 0 Å². The van der Waals surface area contributed by atoms with Crippen molar-refractivity contribution in [1.82, 2.24) is 4.98 Å². The lowest BCUT2D eigenvalue weighted by Gasteiger charge is -2.26. The van der Waals surface area contributed by atoms with Gasteiger partial charge in [-0.3, -0.25) is 9.59 Å². The molecule has 30 heavy (non-hydrogen) atoms. The Morgan fingerprint density at radius 3 is 2.17 bits per heavy atom. The van der Waals surface area contributed by atoms with Crippen LogP contribution in [-0.4, -0.2) is 33.8 Å². The zero-order chi connectivity index (χ0) is 22.0. The van der Waals surface area contributed by atoms with E-state index in [1.165, 1.54) is 53.4 Å². The number of nitrogens with zero attached hydrogens (tertiary/aromatic N) is 2. The molecule has 2 aromatic carbocycles. The van der Waals surface area contributed by atoms with Gasteiger partial charge in [-0.25, -0.2) is 14.2 Å². The first-order chi connectivity index (χ1) is 14.2. The summed E-state index contributed by atoms with van der Waals surface area (Å²) in [5.74, 6) is -2.70. The molecule has 0 saturated heterocycles. The monoisotopic (exact) mass is 428 g/mol. The second-order valence-corrected chi connectivity index (χ2v) is 7.32. The van der Waals surface area contributed by atoms with Crippen LogP contribution in [-0.2, 0) is 4.79 Å². The number of primary amides is 1. The Hall–Kier alpha value is -3.79. The Morgan fingerprint density at radius 2 is 1.63 bits per heavy atom. The van der Waals surface area contributed by atoms with E-state index in [2.05, 4.69) is 4.98 Å². The normalized spacial score (nSPS) is 11.7. The lowest BCUT2D eigenvalue weighted by atomic mass is 10.1. The second kappa shape index (κ2) is 8.29. The number of carboxylic acids is 1. The molecule has 1 amide bonds. The molecule has 0 saturated carbocycles. The molecular formula is C20H17FN4O4S. The molecule has 154 valence electrons. The molecule has 1 aromatic heterocycles. The molecule has 0 spiro atoms. The number of aromatic carboxylic acids is 1. The molecule has 0 bridgehead atoms. The molecule has 3 aromatic rings. The summed E-state index contributed by atoms with van der Waals surface area (Å²) in [5.41, 5.74) is 12.1. The minimum Gasteiger partial charge on any atom is -0.478 e. The van der Waals surface area contributed by atoms with Gasteiger partial charge >= 0.3 is 5.97 Å². The van der Waals surface area contributed by atoms with Crippen LogP contribution in [0.1, 0.15) is 32.5 Å². The molecule has 10 heteroatoms. The number of thiazole rings is 1. The van der Waals surface area contributed by atoms with Crippen LogP contribution in [0.15, 0.2) is 48.5 Å². The third-order valence-electron chi connectivity index (χ3n) is 4.35. The fraction of sp³-hybridized carbons (Fsp3) is 0.100. The lowest BCUT2D eigenvalue weighted by Crippen LogP contribution is -2.39. The highest BCUT2D eigenvalue weighted by molar-refractivity contribution is 7.18. The largest absolute Gasteiger partial charge is 0.478 e. The van der Waals surface area contributed by atoms with Crippen molar-refractivity contribution in [3.63, 3.8) is 0 Å². The van der Waals surface area contributed by atoms with Crippen molar-refractivity contribution in [3.05, 3.63) is 70.4 Å². The zero-order valence-electron chi connectivity index (χ0n) is 15.7. The maximum absolute atomic E-state index is 13.3.